The van der Waals surface area contributed by atoms with Gasteiger partial charge < -0.3 is 19.1 Å². The van der Waals surface area contributed by atoms with E-state index in [-0.39, 0.29) is 44.2 Å². The number of sulfonamides is 1. The van der Waals surface area contributed by atoms with E-state index in [1.54, 1.807) is 69.3 Å². The van der Waals surface area contributed by atoms with Crippen LogP contribution in [0.1, 0.15) is 37.5 Å². The van der Waals surface area contributed by atoms with E-state index in [0.717, 1.165) is 0 Å². The van der Waals surface area contributed by atoms with Gasteiger partial charge >= 0.3 is 6.09 Å². The maximum atomic E-state index is 15.0. The van der Waals surface area contributed by atoms with Crippen molar-refractivity contribution < 1.29 is 35.8 Å². The number of hydrogen-bond acceptors (Lipinski definition) is 11. The monoisotopic (exact) mass is 809 g/mol. The summed E-state index contributed by atoms with van der Waals surface area (Å²) in [5.41, 5.74) is 0.584. The average molecular weight is 810 g/mol. The summed E-state index contributed by atoms with van der Waals surface area (Å²) in [5.74, 6) is 1.22. The quantitative estimate of drug-likeness (QED) is 0.238. The number of halogens is 1. The molecule has 2 aliphatic heterocycles. The molecule has 0 saturated carbocycles. The predicted octanol–water partition coefficient (Wildman–Crippen LogP) is 5.26. The third kappa shape index (κ3) is 7.66. The third-order valence-electron chi connectivity index (χ3n) is 7.62. The maximum Gasteiger partial charge on any atom is 0.410 e. The van der Waals surface area contributed by atoms with Crippen LogP contribution in [-0.2, 0) is 37.7 Å². The van der Waals surface area contributed by atoms with Crippen LogP contribution in [0.25, 0.3) is 0 Å². The third-order valence-corrected chi connectivity index (χ3v) is 12.7. The fraction of sp³-hybridized carbons (Fsp3) is 0.375. The van der Waals surface area contributed by atoms with E-state index < -0.39 is 46.6 Å². The molecule has 0 aromatic heterocycles. The van der Waals surface area contributed by atoms with Crippen molar-refractivity contribution >= 4 is 54.4 Å². The second-order valence-corrected chi connectivity index (χ2v) is 17.4. The van der Waals surface area contributed by atoms with Crippen LogP contribution >= 0.6 is 22.6 Å². The number of nitrogens with zero attached hydrogens (tertiary/aromatic N) is 5. The van der Waals surface area contributed by atoms with Crippen LogP contribution in [0, 0.1) is 3.57 Å². The molecule has 16 heteroatoms. The summed E-state index contributed by atoms with van der Waals surface area (Å²) < 4.78 is 76.3. The zero-order valence-electron chi connectivity index (χ0n) is 27.1. The number of rotatable bonds is 11. The Labute approximate surface area is 294 Å². The molecule has 256 valence electrons. The number of hydrogen-bond donors (Lipinski definition) is 0. The number of benzene rings is 3. The highest BCUT2D eigenvalue weighted by Crippen LogP contribution is 2.37. The lowest BCUT2D eigenvalue weighted by molar-refractivity contribution is 0.0139. The molecule has 1 amide bonds. The zero-order chi connectivity index (χ0) is 34.9. The second-order valence-electron chi connectivity index (χ2n) is 12.1. The molecule has 0 spiro atoms. The van der Waals surface area contributed by atoms with Gasteiger partial charge in [0.05, 0.1) is 24.7 Å². The topological polar surface area (TPSA) is 157 Å². The summed E-state index contributed by atoms with van der Waals surface area (Å²) in [6, 6.07) is 16.7. The molecule has 3 aromatic rings. The molecule has 0 bridgehead atoms. The minimum Gasteiger partial charge on any atom is -0.497 e. The van der Waals surface area contributed by atoms with Gasteiger partial charge in [-0.15, -0.1) is 5.11 Å². The molecule has 13 nitrogen and oxygen atoms in total. The first kappa shape index (κ1) is 35.7. The number of aliphatic imine (C=N–C) groups is 1. The standard InChI is InChI=1S/C32H36IN5O8S2/c1-32(2,3)46-31(39)37-18-25(19-37)47(40,41)27-15-14-26(33)28(30-34-20-35-36-30)29(27)48(42,43)38(16-21-6-10-23(44-4)11-7-21)17-22-8-12-24(45-5)13-9-22/h6-15,25H,16-20H2,1-5H3. The number of amides is 1. The van der Waals surface area contributed by atoms with Gasteiger partial charge in [-0.25, -0.2) is 26.6 Å². The van der Waals surface area contributed by atoms with Gasteiger partial charge in [0.25, 0.3) is 0 Å². The Hall–Kier alpha value is -3.61. The highest BCUT2D eigenvalue weighted by Gasteiger charge is 2.46. The molecule has 5 rings (SSSR count). The minimum atomic E-state index is -4.61. The van der Waals surface area contributed by atoms with E-state index >= 15 is 8.42 Å². The lowest BCUT2D eigenvalue weighted by atomic mass is 10.2. The van der Waals surface area contributed by atoms with Gasteiger partial charge in [-0.1, -0.05) is 24.3 Å². The van der Waals surface area contributed by atoms with Crippen molar-refractivity contribution in [3.8, 4) is 11.5 Å². The maximum absolute atomic E-state index is 15.0. The van der Waals surface area contributed by atoms with Crippen molar-refractivity contribution in [2.24, 2.45) is 15.2 Å². The lowest BCUT2D eigenvalue weighted by Gasteiger charge is -2.39. The van der Waals surface area contributed by atoms with Crippen molar-refractivity contribution in [3.05, 3.63) is 80.9 Å². The summed E-state index contributed by atoms with van der Waals surface area (Å²) >= 11 is 1.95. The first-order chi connectivity index (χ1) is 22.6. The number of amidine groups is 1. The lowest BCUT2D eigenvalue weighted by Crippen LogP contribution is -2.58. The minimum absolute atomic E-state index is 0.0171. The zero-order valence-corrected chi connectivity index (χ0v) is 30.9. The highest BCUT2D eigenvalue weighted by atomic mass is 127. The largest absolute Gasteiger partial charge is 0.497 e. The predicted molar refractivity (Wildman–Crippen MR) is 187 cm³/mol. The summed E-state index contributed by atoms with van der Waals surface area (Å²) in [6.07, 6.45) is -0.643. The van der Waals surface area contributed by atoms with Crippen LogP contribution < -0.4 is 9.47 Å². The van der Waals surface area contributed by atoms with Crippen molar-refractivity contribution in [3.63, 3.8) is 0 Å². The van der Waals surface area contributed by atoms with Crippen LogP contribution in [0.5, 0.6) is 11.5 Å². The molecule has 1 fully saturated rings. The Balaban J connectivity index is 1.62. The van der Waals surface area contributed by atoms with E-state index in [2.05, 4.69) is 15.2 Å². The van der Waals surface area contributed by atoms with Crippen molar-refractivity contribution in [2.75, 3.05) is 34.0 Å². The van der Waals surface area contributed by atoms with Crippen LogP contribution in [0.15, 0.2) is 85.7 Å². The summed E-state index contributed by atoms with van der Waals surface area (Å²) in [7, 11) is -5.85. The Morgan fingerprint density at radius 3 is 1.90 bits per heavy atom. The van der Waals surface area contributed by atoms with E-state index in [0.29, 0.717) is 26.2 Å². The molecular formula is C32H36IN5O8S2. The van der Waals surface area contributed by atoms with E-state index in [1.807, 2.05) is 22.6 Å². The summed E-state index contributed by atoms with van der Waals surface area (Å²) in [4.78, 5) is 17.3. The summed E-state index contributed by atoms with van der Waals surface area (Å²) in [6.45, 7) is 4.65. The van der Waals surface area contributed by atoms with Crippen LogP contribution in [-0.4, -0.2) is 82.8 Å². The Kier molecular flexibility index (Phi) is 10.5. The van der Waals surface area contributed by atoms with Crippen molar-refractivity contribution in [1.29, 1.82) is 0 Å². The Morgan fingerprint density at radius 1 is 0.896 bits per heavy atom. The van der Waals surface area contributed by atoms with Crippen LogP contribution in [0.4, 0.5) is 4.79 Å². The van der Waals surface area contributed by atoms with Crippen LogP contribution in [0.2, 0.25) is 0 Å². The molecular weight excluding hydrogens is 773 g/mol. The first-order valence-electron chi connectivity index (χ1n) is 14.9. The molecule has 0 atom stereocenters. The number of carbonyl (C=O) groups is 1. The molecule has 0 N–H and O–H groups in total. The Morgan fingerprint density at radius 2 is 1.44 bits per heavy atom. The van der Waals surface area contributed by atoms with Gasteiger partial charge in [0.2, 0.25) is 10.0 Å². The van der Waals surface area contributed by atoms with Gasteiger partial charge in [0, 0.05) is 29.7 Å². The van der Waals surface area contributed by atoms with E-state index in [4.69, 9.17) is 14.2 Å². The number of azo groups is 1. The van der Waals surface area contributed by atoms with Crippen LogP contribution in [0.3, 0.4) is 0 Å². The highest BCUT2D eigenvalue weighted by molar-refractivity contribution is 14.1. The smallest absolute Gasteiger partial charge is 0.410 e. The molecule has 0 aliphatic carbocycles. The molecule has 0 radical (unpaired) electrons. The summed E-state index contributed by atoms with van der Waals surface area (Å²) in [5, 5.41) is 6.92. The van der Waals surface area contributed by atoms with Gasteiger partial charge in [-0.2, -0.15) is 9.42 Å². The number of likely N-dealkylation sites (tertiary alicyclic amines) is 1. The Bertz CT molecular complexity index is 1910. The number of methoxy groups -OCH3 is 2. The number of sulfone groups is 1. The normalized spacial score (nSPS) is 15.3. The van der Waals surface area contributed by atoms with Gasteiger partial charge in [-0.3, -0.25) is 0 Å². The average Bonchev–Trinajstić information content (AvgIpc) is 3.54. The van der Waals surface area contributed by atoms with E-state index in [9.17, 15) is 13.2 Å². The second kappa shape index (κ2) is 14.1. The van der Waals surface area contributed by atoms with Gasteiger partial charge in [0.15, 0.2) is 22.3 Å². The molecule has 1 saturated heterocycles. The molecule has 3 aromatic carbocycles. The fourth-order valence-corrected chi connectivity index (χ4v) is 10.0. The SMILES string of the molecule is COc1ccc(CN(Cc2ccc(OC)cc2)S(=O)(=O)c2c(S(=O)(=O)C3CN(C(=O)OC(C)(C)C)C3)ccc(I)c2C2=NCN=N2)cc1. The van der Waals surface area contributed by atoms with Crippen molar-refractivity contribution in [2.45, 2.75) is 54.5 Å². The first-order valence-corrected chi connectivity index (χ1v) is 18.9. The number of carbonyl (C=O) groups excluding carboxylic acids is 1. The number of ether oxygens (including phenoxy) is 3. The van der Waals surface area contributed by atoms with E-state index in [1.165, 1.54) is 35.6 Å². The van der Waals surface area contributed by atoms with Crippen molar-refractivity contribution in [1.82, 2.24) is 9.21 Å². The fourth-order valence-electron chi connectivity index (χ4n) is 5.10. The molecule has 48 heavy (non-hydrogen) atoms. The molecule has 2 aliphatic rings. The molecule has 0 unspecified atom stereocenters. The van der Waals surface area contributed by atoms with Gasteiger partial charge in [-0.05, 0) is 90.9 Å². The molecule has 2 heterocycles. The van der Waals surface area contributed by atoms with Gasteiger partial charge in [0.1, 0.15) is 27.2 Å².